The molecule has 0 aliphatic carbocycles. The number of fused-ring (bicyclic) bond motifs is 1. The lowest BCUT2D eigenvalue weighted by Crippen LogP contribution is -2.47. The third-order valence-electron chi connectivity index (χ3n) is 5.43. The molecule has 0 spiro atoms. The Hall–Kier alpha value is -1.95. The van der Waals surface area contributed by atoms with Gasteiger partial charge >= 0.3 is 6.03 Å². The minimum atomic E-state index is 0.0856. The molecule has 3 heterocycles. The standard InChI is InChI=1S/C19H27N3O3/c23-19(22-11-3-4-16(22)13-21-9-1-2-10-21)20-8-7-15-5-6-17-18(12-15)25-14-24-17/h5-6,12,16H,1-4,7-11,13-14H2,(H,20,23)/t16-/m1/s1. The highest BCUT2D eigenvalue weighted by Gasteiger charge is 2.30. The van der Waals surface area contributed by atoms with Crippen LogP contribution in [0.1, 0.15) is 31.2 Å². The molecule has 1 atom stereocenters. The van der Waals surface area contributed by atoms with Crippen LogP contribution in [0.2, 0.25) is 0 Å². The highest BCUT2D eigenvalue weighted by molar-refractivity contribution is 5.74. The number of hydrogen-bond acceptors (Lipinski definition) is 4. The predicted octanol–water partition coefficient (Wildman–Crippen LogP) is 2.23. The van der Waals surface area contributed by atoms with E-state index in [0.717, 1.165) is 49.4 Å². The molecule has 6 heteroatoms. The third kappa shape index (κ3) is 3.84. The molecule has 1 N–H and O–H groups in total. The number of hydrogen-bond donors (Lipinski definition) is 1. The van der Waals surface area contributed by atoms with Crippen LogP contribution in [0.4, 0.5) is 4.79 Å². The maximum absolute atomic E-state index is 12.6. The molecule has 3 aliphatic rings. The van der Waals surface area contributed by atoms with Crippen LogP contribution in [0, 0.1) is 0 Å². The Bertz CT molecular complexity index is 616. The van der Waals surface area contributed by atoms with E-state index < -0.39 is 0 Å². The number of carbonyl (C=O) groups excluding carboxylic acids is 1. The number of likely N-dealkylation sites (tertiary alicyclic amines) is 2. The fourth-order valence-corrected chi connectivity index (χ4v) is 4.07. The van der Waals surface area contributed by atoms with Crippen molar-refractivity contribution in [3.05, 3.63) is 23.8 Å². The maximum atomic E-state index is 12.6. The number of carbonyl (C=O) groups is 1. The van der Waals surface area contributed by atoms with Gasteiger partial charge in [-0.15, -0.1) is 0 Å². The van der Waals surface area contributed by atoms with Gasteiger partial charge in [0, 0.05) is 25.7 Å². The lowest BCUT2D eigenvalue weighted by molar-refractivity contribution is 0.174. The summed E-state index contributed by atoms with van der Waals surface area (Å²) in [6.07, 6.45) is 5.65. The molecule has 25 heavy (non-hydrogen) atoms. The molecular weight excluding hydrogens is 318 g/mol. The Labute approximate surface area is 149 Å². The van der Waals surface area contributed by atoms with Crippen molar-refractivity contribution >= 4 is 6.03 Å². The van der Waals surface area contributed by atoms with Crippen LogP contribution in [-0.2, 0) is 6.42 Å². The Balaban J connectivity index is 1.25. The fourth-order valence-electron chi connectivity index (χ4n) is 4.07. The Kier molecular flexibility index (Phi) is 4.97. The first-order chi connectivity index (χ1) is 12.3. The smallest absolute Gasteiger partial charge is 0.317 e. The zero-order valence-electron chi connectivity index (χ0n) is 14.7. The van der Waals surface area contributed by atoms with E-state index in [1.54, 1.807) is 0 Å². The molecule has 0 aromatic heterocycles. The average Bonchev–Trinajstić information content (AvgIpc) is 3.36. The summed E-state index contributed by atoms with van der Waals surface area (Å²) < 4.78 is 10.7. The number of nitrogens with zero attached hydrogens (tertiary/aromatic N) is 2. The van der Waals surface area contributed by atoms with Crippen LogP contribution in [0.15, 0.2) is 18.2 Å². The van der Waals surface area contributed by atoms with Crippen molar-refractivity contribution in [1.29, 1.82) is 0 Å². The van der Waals surface area contributed by atoms with E-state index in [2.05, 4.69) is 10.2 Å². The summed E-state index contributed by atoms with van der Waals surface area (Å²) in [6.45, 7) is 5.24. The quantitative estimate of drug-likeness (QED) is 0.889. The number of amides is 2. The third-order valence-corrected chi connectivity index (χ3v) is 5.43. The molecule has 136 valence electrons. The number of nitrogens with one attached hydrogen (secondary N) is 1. The van der Waals surface area contributed by atoms with Gasteiger partial charge in [0.15, 0.2) is 11.5 Å². The zero-order valence-corrected chi connectivity index (χ0v) is 14.7. The molecule has 2 fully saturated rings. The highest BCUT2D eigenvalue weighted by atomic mass is 16.7. The second-order valence-corrected chi connectivity index (χ2v) is 7.17. The molecular formula is C19H27N3O3. The lowest BCUT2D eigenvalue weighted by atomic mass is 10.1. The molecule has 6 nitrogen and oxygen atoms in total. The topological polar surface area (TPSA) is 54.0 Å². The summed E-state index contributed by atoms with van der Waals surface area (Å²) in [4.78, 5) is 17.1. The van der Waals surface area contributed by atoms with Crippen molar-refractivity contribution in [3.8, 4) is 11.5 Å². The van der Waals surface area contributed by atoms with Gasteiger partial charge in [-0.3, -0.25) is 0 Å². The molecule has 3 aliphatic heterocycles. The molecule has 0 radical (unpaired) electrons. The van der Waals surface area contributed by atoms with Crippen LogP contribution >= 0.6 is 0 Å². The van der Waals surface area contributed by atoms with Gasteiger partial charge in [0.25, 0.3) is 0 Å². The van der Waals surface area contributed by atoms with Crippen LogP contribution in [0.5, 0.6) is 11.5 Å². The van der Waals surface area contributed by atoms with Crippen molar-refractivity contribution < 1.29 is 14.3 Å². The van der Waals surface area contributed by atoms with E-state index in [9.17, 15) is 4.79 Å². The Morgan fingerprint density at radius 3 is 2.84 bits per heavy atom. The molecule has 1 aromatic rings. The van der Waals surface area contributed by atoms with E-state index >= 15 is 0 Å². The maximum Gasteiger partial charge on any atom is 0.317 e. The van der Waals surface area contributed by atoms with Gasteiger partial charge in [-0.05, 0) is 62.9 Å². The highest BCUT2D eigenvalue weighted by Crippen LogP contribution is 2.32. The monoisotopic (exact) mass is 345 g/mol. The number of ether oxygens (including phenoxy) is 2. The van der Waals surface area contributed by atoms with Crippen LogP contribution < -0.4 is 14.8 Å². The number of benzene rings is 1. The lowest BCUT2D eigenvalue weighted by Gasteiger charge is -2.28. The summed E-state index contributed by atoms with van der Waals surface area (Å²) >= 11 is 0. The largest absolute Gasteiger partial charge is 0.454 e. The van der Waals surface area contributed by atoms with Crippen molar-refractivity contribution in [3.63, 3.8) is 0 Å². The van der Waals surface area contributed by atoms with Gasteiger partial charge in [-0.2, -0.15) is 0 Å². The minimum absolute atomic E-state index is 0.0856. The molecule has 4 rings (SSSR count). The number of rotatable bonds is 5. The van der Waals surface area contributed by atoms with Gasteiger partial charge in [-0.1, -0.05) is 6.07 Å². The van der Waals surface area contributed by atoms with E-state index in [1.165, 1.54) is 25.9 Å². The van der Waals surface area contributed by atoms with E-state index in [0.29, 0.717) is 19.4 Å². The van der Waals surface area contributed by atoms with Crippen molar-refractivity contribution in [2.45, 2.75) is 38.1 Å². The Morgan fingerprint density at radius 1 is 1.12 bits per heavy atom. The van der Waals surface area contributed by atoms with Crippen molar-refractivity contribution in [2.75, 3.05) is 39.5 Å². The van der Waals surface area contributed by atoms with Gasteiger partial charge in [0.1, 0.15) is 0 Å². The van der Waals surface area contributed by atoms with Gasteiger partial charge < -0.3 is 24.6 Å². The molecule has 0 saturated carbocycles. The number of urea groups is 1. The summed E-state index contributed by atoms with van der Waals surface area (Å²) in [7, 11) is 0. The van der Waals surface area contributed by atoms with Crippen LogP contribution in [0.25, 0.3) is 0 Å². The predicted molar refractivity (Wildman–Crippen MR) is 95.1 cm³/mol. The Morgan fingerprint density at radius 2 is 1.96 bits per heavy atom. The molecule has 0 unspecified atom stereocenters. The molecule has 0 bridgehead atoms. The normalized spacial score (nSPS) is 22.6. The fraction of sp³-hybridized carbons (Fsp3) is 0.632. The first kappa shape index (κ1) is 16.5. The minimum Gasteiger partial charge on any atom is -0.454 e. The summed E-state index contributed by atoms with van der Waals surface area (Å²) in [6, 6.07) is 6.43. The summed E-state index contributed by atoms with van der Waals surface area (Å²) in [5, 5.41) is 3.09. The van der Waals surface area contributed by atoms with Gasteiger partial charge in [-0.25, -0.2) is 4.79 Å². The van der Waals surface area contributed by atoms with Crippen LogP contribution in [-0.4, -0.2) is 61.4 Å². The average molecular weight is 345 g/mol. The molecule has 1 aromatic carbocycles. The van der Waals surface area contributed by atoms with E-state index in [-0.39, 0.29) is 6.03 Å². The van der Waals surface area contributed by atoms with Crippen molar-refractivity contribution in [1.82, 2.24) is 15.1 Å². The van der Waals surface area contributed by atoms with Crippen molar-refractivity contribution in [2.24, 2.45) is 0 Å². The first-order valence-electron chi connectivity index (χ1n) is 9.45. The molecule has 2 amide bonds. The second-order valence-electron chi connectivity index (χ2n) is 7.17. The van der Waals surface area contributed by atoms with Gasteiger partial charge in [0.05, 0.1) is 0 Å². The SMILES string of the molecule is O=C(NCCc1ccc2c(c1)OCO2)N1CCC[C@@H]1CN1CCCC1. The summed E-state index contributed by atoms with van der Waals surface area (Å²) in [5.74, 6) is 1.60. The summed E-state index contributed by atoms with van der Waals surface area (Å²) in [5.41, 5.74) is 1.15. The second kappa shape index (κ2) is 7.52. The molecule has 2 saturated heterocycles. The van der Waals surface area contributed by atoms with Crippen LogP contribution in [0.3, 0.4) is 0 Å². The zero-order chi connectivity index (χ0) is 17.1. The first-order valence-corrected chi connectivity index (χ1v) is 9.45. The van der Waals surface area contributed by atoms with E-state index in [1.807, 2.05) is 23.1 Å². The van der Waals surface area contributed by atoms with E-state index in [4.69, 9.17) is 9.47 Å². The van der Waals surface area contributed by atoms with Gasteiger partial charge in [0.2, 0.25) is 6.79 Å².